The van der Waals surface area contributed by atoms with Crippen LogP contribution in [-0.2, 0) is 34.9 Å². The molecule has 0 fully saturated rings. The van der Waals surface area contributed by atoms with E-state index in [9.17, 15) is 23.9 Å². The van der Waals surface area contributed by atoms with Crippen LogP contribution in [0, 0.1) is 10.8 Å². The molecule has 190 valence electrons. The molecular weight excluding hydrogens is 469 g/mol. The largest absolute Gasteiger partial charge is 0.461 e. The number of hydrogen-bond acceptors (Lipinski definition) is 10. The topological polar surface area (TPSA) is 189 Å². The molecule has 0 aliphatic rings. The van der Waals surface area contributed by atoms with Crippen molar-refractivity contribution in [1.29, 1.82) is 0 Å². The van der Waals surface area contributed by atoms with Gasteiger partial charge in [-0.25, -0.2) is 15.0 Å². The number of ether oxygens (including phenoxy) is 3. The molecule has 13 nitrogen and oxygen atoms in total. The molecule has 14 heteroatoms. The van der Waals surface area contributed by atoms with Gasteiger partial charge in [-0.2, -0.15) is 0 Å². The third-order valence-corrected chi connectivity index (χ3v) is 6.19. The first-order valence-electron chi connectivity index (χ1n) is 10.4. The van der Waals surface area contributed by atoms with Gasteiger partial charge in [0.15, 0.2) is 11.5 Å². The van der Waals surface area contributed by atoms with E-state index in [2.05, 4.69) is 15.0 Å². The zero-order valence-electron chi connectivity index (χ0n) is 20.1. The van der Waals surface area contributed by atoms with Gasteiger partial charge in [0.05, 0.1) is 23.8 Å². The fourth-order valence-electron chi connectivity index (χ4n) is 2.56. The van der Waals surface area contributed by atoms with Gasteiger partial charge in [-0.15, -0.1) is 0 Å². The average Bonchev–Trinajstić information content (AvgIpc) is 3.11. The maximum atomic E-state index is 12.6. The molecule has 2 heterocycles. The molecule has 0 bridgehead atoms. The molecule has 4 N–H and O–H groups in total. The predicted octanol–water partition coefficient (Wildman–Crippen LogP) is 1.48. The lowest BCUT2D eigenvalue weighted by molar-refractivity contribution is -0.170. The number of rotatable bonds is 9. The molecule has 0 atom stereocenters. The molecule has 0 saturated carbocycles. The van der Waals surface area contributed by atoms with E-state index in [0.29, 0.717) is 11.2 Å². The van der Waals surface area contributed by atoms with Crippen molar-refractivity contribution in [2.75, 3.05) is 25.6 Å². The van der Waals surface area contributed by atoms with Crippen molar-refractivity contribution in [1.82, 2.24) is 19.5 Å². The standard InChI is InChI=1S/C20H32N5O8P/c1-18(2,3)16(26)31-9-20(34(28,29)30,10-32-17(27)19(4,5)6)33-8-7-25-12-24-13-14(21)22-11-23-15(13)25/h11-12H,7-10H2,1-6H3,(H2,21,22,23)(H2,28,29,30). The highest BCUT2D eigenvalue weighted by Crippen LogP contribution is 2.52. The average molecular weight is 501 g/mol. The molecule has 2 aromatic heterocycles. The highest BCUT2D eigenvalue weighted by molar-refractivity contribution is 7.53. The first kappa shape index (κ1) is 27.6. The van der Waals surface area contributed by atoms with Crippen LogP contribution in [0.2, 0.25) is 0 Å². The van der Waals surface area contributed by atoms with E-state index in [-0.39, 0.29) is 19.0 Å². The summed E-state index contributed by atoms with van der Waals surface area (Å²) in [5, 5.41) is -2.42. The Morgan fingerprint density at radius 3 is 2.00 bits per heavy atom. The monoisotopic (exact) mass is 501 g/mol. The molecule has 0 aliphatic heterocycles. The lowest BCUT2D eigenvalue weighted by Crippen LogP contribution is -2.46. The minimum absolute atomic E-state index is 0.0646. The van der Waals surface area contributed by atoms with Gasteiger partial charge >= 0.3 is 19.5 Å². The van der Waals surface area contributed by atoms with Crippen molar-refractivity contribution < 1.29 is 38.2 Å². The summed E-state index contributed by atoms with van der Waals surface area (Å²) in [6, 6.07) is 0. The van der Waals surface area contributed by atoms with Gasteiger partial charge < -0.3 is 34.3 Å². The number of imidazole rings is 1. The molecule has 0 radical (unpaired) electrons. The minimum Gasteiger partial charge on any atom is -0.461 e. The number of fused-ring (bicyclic) bond motifs is 1. The minimum atomic E-state index is -5.13. The fourth-order valence-corrected chi connectivity index (χ4v) is 3.29. The van der Waals surface area contributed by atoms with Crippen molar-refractivity contribution >= 4 is 36.5 Å². The number of nitrogens with two attached hydrogens (primary N) is 1. The number of esters is 2. The molecule has 2 aromatic rings. The number of anilines is 1. The summed E-state index contributed by atoms with van der Waals surface area (Å²) in [5.41, 5.74) is 4.67. The maximum Gasteiger partial charge on any atom is 0.364 e. The summed E-state index contributed by atoms with van der Waals surface area (Å²) >= 11 is 0. The third-order valence-electron chi connectivity index (χ3n) is 4.75. The van der Waals surface area contributed by atoms with E-state index in [0.717, 1.165) is 0 Å². The molecule has 0 amide bonds. The van der Waals surface area contributed by atoms with E-state index in [4.69, 9.17) is 19.9 Å². The first-order valence-corrected chi connectivity index (χ1v) is 12.0. The van der Waals surface area contributed by atoms with Gasteiger partial charge in [-0.05, 0) is 41.5 Å². The Kier molecular flexibility index (Phi) is 8.09. The molecule has 2 rings (SSSR count). The van der Waals surface area contributed by atoms with Crippen LogP contribution in [0.15, 0.2) is 12.7 Å². The van der Waals surface area contributed by atoms with Gasteiger partial charge in [0.25, 0.3) is 0 Å². The number of carbonyl (C=O) groups is 2. The van der Waals surface area contributed by atoms with E-state index in [1.165, 1.54) is 12.7 Å². The highest BCUT2D eigenvalue weighted by atomic mass is 31.2. The van der Waals surface area contributed by atoms with E-state index in [1.807, 2.05) is 0 Å². The second kappa shape index (κ2) is 9.95. The Labute approximate surface area is 197 Å². The molecule has 0 aromatic carbocycles. The Morgan fingerprint density at radius 2 is 1.53 bits per heavy atom. The number of nitrogen functional groups attached to an aromatic ring is 1. The van der Waals surface area contributed by atoms with Gasteiger partial charge in [0.2, 0.25) is 5.34 Å². The predicted molar refractivity (Wildman–Crippen MR) is 121 cm³/mol. The zero-order valence-corrected chi connectivity index (χ0v) is 21.0. The summed E-state index contributed by atoms with van der Waals surface area (Å²) in [4.78, 5) is 57.0. The first-order chi connectivity index (χ1) is 15.5. The highest BCUT2D eigenvalue weighted by Gasteiger charge is 2.52. The SMILES string of the molecule is CC(C)(C)C(=O)OCC(COC(=O)C(C)(C)C)(OCCn1cnc2c(N)ncnc21)P(=O)(O)O. The van der Waals surface area contributed by atoms with Crippen LogP contribution in [0.5, 0.6) is 0 Å². The van der Waals surface area contributed by atoms with Gasteiger partial charge in [-0.1, -0.05) is 0 Å². The molecule has 0 unspecified atom stereocenters. The lowest BCUT2D eigenvalue weighted by Gasteiger charge is -2.34. The van der Waals surface area contributed by atoms with E-state index in [1.54, 1.807) is 46.1 Å². The van der Waals surface area contributed by atoms with Crippen molar-refractivity contribution in [3.63, 3.8) is 0 Å². The van der Waals surface area contributed by atoms with Crippen molar-refractivity contribution in [3.05, 3.63) is 12.7 Å². The summed E-state index contributed by atoms with van der Waals surface area (Å²) in [7, 11) is -5.13. The Morgan fingerprint density at radius 1 is 1.00 bits per heavy atom. The second-order valence-corrected chi connectivity index (χ2v) is 11.8. The summed E-state index contributed by atoms with van der Waals surface area (Å²) in [5.74, 6) is -1.23. The number of nitrogens with zero attached hydrogens (tertiary/aromatic N) is 4. The fraction of sp³-hybridized carbons (Fsp3) is 0.650. The van der Waals surface area contributed by atoms with Gasteiger partial charge in [0.1, 0.15) is 25.1 Å². The molecule has 34 heavy (non-hydrogen) atoms. The van der Waals surface area contributed by atoms with Crippen LogP contribution in [-0.4, -0.2) is 66.4 Å². The Hall–Kier alpha value is -2.60. The Bertz CT molecular complexity index is 1050. The Balaban J connectivity index is 2.28. The van der Waals surface area contributed by atoms with Gasteiger partial charge in [0, 0.05) is 6.54 Å². The van der Waals surface area contributed by atoms with Crippen LogP contribution in [0.4, 0.5) is 5.82 Å². The normalized spacial score (nSPS) is 13.2. The summed E-state index contributed by atoms with van der Waals surface area (Å²) < 4.78 is 30.1. The van der Waals surface area contributed by atoms with Crippen LogP contribution in [0.1, 0.15) is 41.5 Å². The number of carbonyl (C=O) groups excluding carboxylic acids is 2. The molecular formula is C20H32N5O8P. The molecule has 0 spiro atoms. The van der Waals surface area contributed by atoms with E-state index >= 15 is 0 Å². The van der Waals surface area contributed by atoms with Crippen LogP contribution >= 0.6 is 7.60 Å². The van der Waals surface area contributed by atoms with Crippen LogP contribution < -0.4 is 5.73 Å². The zero-order chi connectivity index (χ0) is 25.9. The quantitative estimate of drug-likeness (QED) is 0.332. The smallest absolute Gasteiger partial charge is 0.364 e. The summed E-state index contributed by atoms with van der Waals surface area (Å²) in [6.07, 6.45) is 2.69. The number of hydrogen-bond donors (Lipinski definition) is 3. The van der Waals surface area contributed by atoms with Crippen molar-refractivity contribution in [2.45, 2.75) is 53.4 Å². The number of aromatic nitrogens is 4. The van der Waals surface area contributed by atoms with E-state index < -0.39 is 48.9 Å². The third kappa shape index (κ3) is 6.50. The van der Waals surface area contributed by atoms with Crippen LogP contribution in [0.25, 0.3) is 11.2 Å². The van der Waals surface area contributed by atoms with Crippen molar-refractivity contribution in [2.24, 2.45) is 10.8 Å². The molecule has 0 aliphatic carbocycles. The summed E-state index contributed by atoms with van der Waals surface area (Å²) in [6.45, 7) is 7.68. The maximum absolute atomic E-state index is 12.6. The van der Waals surface area contributed by atoms with Crippen molar-refractivity contribution in [3.8, 4) is 0 Å². The van der Waals surface area contributed by atoms with Gasteiger partial charge in [-0.3, -0.25) is 14.2 Å². The lowest BCUT2D eigenvalue weighted by atomic mass is 9.97. The second-order valence-electron chi connectivity index (χ2n) is 9.86. The molecule has 0 saturated heterocycles. The van der Waals surface area contributed by atoms with Crippen LogP contribution in [0.3, 0.4) is 0 Å².